The minimum atomic E-state index is -3.45. The fraction of sp³-hybridized carbons (Fsp3) is 0.278. The van der Waals surface area contributed by atoms with Crippen molar-refractivity contribution in [1.82, 2.24) is 0 Å². The zero-order valence-electron chi connectivity index (χ0n) is 14.1. The van der Waals surface area contributed by atoms with Gasteiger partial charge in [-0.1, -0.05) is 29.8 Å². The van der Waals surface area contributed by atoms with E-state index in [1.807, 2.05) is 31.2 Å². The van der Waals surface area contributed by atoms with Crippen molar-refractivity contribution in [3.8, 4) is 5.75 Å². The van der Waals surface area contributed by atoms with Gasteiger partial charge in [0.05, 0.1) is 11.9 Å². The van der Waals surface area contributed by atoms with Crippen LogP contribution in [0, 0.1) is 6.92 Å². The number of anilines is 2. The maximum atomic E-state index is 12.6. The summed E-state index contributed by atoms with van der Waals surface area (Å²) in [4.78, 5) is 12.6. The average molecular weight is 360 g/mol. The Morgan fingerprint density at radius 2 is 1.84 bits per heavy atom. The van der Waals surface area contributed by atoms with E-state index in [0.29, 0.717) is 17.1 Å². The third-order valence-electron chi connectivity index (χ3n) is 4.01. The van der Waals surface area contributed by atoms with E-state index in [0.717, 1.165) is 11.8 Å². The van der Waals surface area contributed by atoms with Gasteiger partial charge in [0.25, 0.3) is 5.91 Å². The van der Waals surface area contributed by atoms with Crippen LogP contribution in [-0.2, 0) is 14.8 Å². The van der Waals surface area contributed by atoms with Crippen LogP contribution in [0.2, 0.25) is 0 Å². The Morgan fingerprint density at radius 1 is 1.16 bits per heavy atom. The molecule has 2 aromatic carbocycles. The molecule has 1 amide bonds. The molecule has 0 fully saturated rings. The van der Waals surface area contributed by atoms with Crippen molar-refractivity contribution in [2.45, 2.75) is 19.4 Å². The van der Waals surface area contributed by atoms with Crippen molar-refractivity contribution in [1.29, 1.82) is 0 Å². The first-order valence-corrected chi connectivity index (χ1v) is 9.80. The summed E-state index contributed by atoms with van der Waals surface area (Å²) in [7, 11) is -3.45. The van der Waals surface area contributed by atoms with Gasteiger partial charge < -0.3 is 10.1 Å². The topological polar surface area (TPSA) is 75.7 Å². The van der Waals surface area contributed by atoms with Gasteiger partial charge in [0.15, 0.2) is 6.10 Å². The summed E-state index contributed by atoms with van der Waals surface area (Å²) in [6, 6.07) is 14.3. The van der Waals surface area contributed by atoms with Crippen LogP contribution in [0.3, 0.4) is 0 Å². The number of hydrogen-bond donors (Lipinski definition) is 1. The van der Waals surface area contributed by atoms with Gasteiger partial charge in [0.2, 0.25) is 10.0 Å². The van der Waals surface area contributed by atoms with Gasteiger partial charge in [-0.15, -0.1) is 0 Å². The Hall–Kier alpha value is -2.54. The minimum Gasteiger partial charge on any atom is -0.478 e. The molecule has 7 heteroatoms. The maximum absolute atomic E-state index is 12.6. The highest BCUT2D eigenvalue weighted by atomic mass is 32.2. The normalized spacial score (nSPS) is 17.2. The number of fused-ring (bicyclic) bond motifs is 1. The number of nitrogens with zero attached hydrogens (tertiary/aromatic N) is 1. The SMILES string of the molecule is Cc1ccc(NC(=O)[C@@H]2CCN(S(C)(=O)=O)c3ccccc3O2)cc1. The summed E-state index contributed by atoms with van der Waals surface area (Å²) in [5.74, 6) is 0.0866. The minimum absolute atomic E-state index is 0.182. The molecule has 1 aliphatic rings. The Kier molecular flexibility index (Phi) is 4.67. The number of hydrogen-bond acceptors (Lipinski definition) is 4. The lowest BCUT2D eigenvalue weighted by Crippen LogP contribution is -2.35. The van der Waals surface area contributed by atoms with Crippen LogP contribution >= 0.6 is 0 Å². The predicted molar refractivity (Wildman–Crippen MR) is 97.5 cm³/mol. The van der Waals surface area contributed by atoms with E-state index in [2.05, 4.69) is 5.32 Å². The molecule has 3 rings (SSSR count). The second-order valence-electron chi connectivity index (χ2n) is 6.05. The van der Waals surface area contributed by atoms with E-state index >= 15 is 0 Å². The van der Waals surface area contributed by atoms with Crippen molar-refractivity contribution in [3.63, 3.8) is 0 Å². The zero-order chi connectivity index (χ0) is 18.0. The first-order valence-electron chi connectivity index (χ1n) is 7.95. The van der Waals surface area contributed by atoms with E-state index in [4.69, 9.17) is 4.74 Å². The van der Waals surface area contributed by atoms with Crippen LogP contribution in [0.1, 0.15) is 12.0 Å². The fourth-order valence-electron chi connectivity index (χ4n) is 2.72. The molecule has 2 aromatic rings. The monoisotopic (exact) mass is 360 g/mol. The molecule has 0 aliphatic carbocycles. The molecule has 0 radical (unpaired) electrons. The molecule has 0 spiro atoms. The van der Waals surface area contributed by atoms with Gasteiger partial charge in [-0.25, -0.2) is 8.42 Å². The number of sulfonamides is 1. The quantitative estimate of drug-likeness (QED) is 0.913. The molecule has 1 N–H and O–H groups in total. The number of nitrogens with one attached hydrogen (secondary N) is 1. The molecule has 0 unspecified atom stereocenters. The van der Waals surface area contributed by atoms with Crippen LogP contribution in [0.15, 0.2) is 48.5 Å². The van der Waals surface area contributed by atoms with Crippen LogP contribution < -0.4 is 14.4 Å². The maximum Gasteiger partial charge on any atom is 0.265 e. The number of carbonyl (C=O) groups is 1. The molecule has 1 atom stereocenters. The summed E-state index contributed by atoms with van der Waals surface area (Å²) < 4.78 is 31.2. The fourth-order valence-corrected chi connectivity index (χ4v) is 3.66. The molecule has 0 saturated heterocycles. The van der Waals surface area contributed by atoms with E-state index in [-0.39, 0.29) is 18.9 Å². The highest BCUT2D eigenvalue weighted by molar-refractivity contribution is 7.92. The molecule has 1 aliphatic heterocycles. The standard InChI is InChI=1S/C18H20N2O4S/c1-13-7-9-14(10-8-13)19-18(21)17-11-12-20(25(2,22)23)15-5-3-4-6-16(15)24-17/h3-10,17H,11-12H2,1-2H3,(H,19,21)/t17-/m0/s1. The third kappa shape index (κ3) is 3.93. The second-order valence-corrected chi connectivity index (χ2v) is 7.96. The van der Waals surface area contributed by atoms with E-state index in [1.54, 1.807) is 24.3 Å². The van der Waals surface area contributed by atoms with Crippen molar-refractivity contribution >= 4 is 27.3 Å². The van der Waals surface area contributed by atoms with Crippen molar-refractivity contribution in [2.24, 2.45) is 0 Å². The van der Waals surface area contributed by atoms with Gasteiger partial charge in [-0.3, -0.25) is 9.10 Å². The molecular formula is C18H20N2O4S. The lowest BCUT2D eigenvalue weighted by Gasteiger charge is -2.20. The summed E-state index contributed by atoms with van der Waals surface area (Å²) in [6.07, 6.45) is 0.643. The number of aryl methyl sites for hydroxylation is 1. The molecule has 6 nitrogen and oxygen atoms in total. The first kappa shape index (κ1) is 17.3. The van der Waals surface area contributed by atoms with E-state index in [9.17, 15) is 13.2 Å². The molecule has 0 bridgehead atoms. The van der Waals surface area contributed by atoms with Gasteiger partial charge in [-0.05, 0) is 31.2 Å². The molecule has 1 heterocycles. The Balaban J connectivity index is 1.83. The largest absolute Gasteiger partial charge is 0.478 e. The highest BCUT2D eigenvalue weighted by Gasteiger charge is 2.30. The Bertz CT molecular complexity index is 878. The number of benzene rings is 2. The number of rotatable bonds is 3. The number of ether oxygens (including phenoxy) is 1. The lowest BCUT2D eigenvalue weighted by atomic mass is 10.2. The van der Waals surface area contributed by atoms with Gasteiger partial charge >= 0.3 is 0 Å². The highest BCUT2D eigenvalue weighted by Crippen LogP contribution is 2.34. The Labute approximate surface area is 147 Å². The van der Waals surface area contributed by atoms with Gasteiger partial charge in [-0.2, -0.15) is 0 Å². The van der Waals surface area contributed by atoms with Crippen LogP contribution in [0.4, 0.5) is 11.4 Å². The summed E-state index contributed by atoms with van der Waals surface area (Å²) in [5.41, 5.74) is 2.23. The van der Waals surface area contributed by atoms with Gasteiger partial charge in [0.1, 0.15) is 5.75 Å². The third-order valence-corrected chi connectivity index (χ3v) is 5.19. The molecule has 0 aromatic heterocycles. The second kappa shape index (κ2) is 6.76. The molecule has 0 saturated carbocycles. The van der Waals surface area contributed by atoms with E-state index < -0.39 is 16.1 Å². The Morgan fingerprint density at radius 3 is 2.52 bits per heavy atom. The summed E-state index contributed by atoms with van der Waals surface area (Å²) >= 11 is 0. The molecular weight excluding hydrogens is 340 g/mol. The smallest absolute Gasteiger partial charge is 0.265 e. The molecule has 25 heavy (non-hydrogen) atoms. The number of amides is 1. The number of carbonyl (C=O) groups excluding carboxylic acids is 1. The molecule has 132 valence electrons. The van der Waals surface area contributed by atoms with Crippen LogP contribution in [-0.4, -0.2) is 33.2 Å². The van der Waals surface area contributed by atoms with Gasteiger partial charge in [0, 0.05) is 18.7 Å². The zero-order valence-corrected chi connectivity index (χ0v) is 14.9. The van der Waals surface area contributed by atoms with Crippen molar-refractivity contribution in [3.05, 3.63) is 54.1 Å². The van der Waals surface area contributed by atoms with Crippen LogP contribution in [0.5, 0.6) is 5.75 Å². The summed E-state index contributed by atoms with van der Waals surface area (Å²) in [5, 5.41) is 2.82. The predicted octanol–water partition coefficient (Wildman–Crippen LogP) is 2.55. The lowest BCUT2D eigenvalue weighted by molar-refractivity contribution is -0.122. The van der Waals surface area contributed by atoms with Crippen molar-refractivity contribution < 1.29 is 17.9 Å². The summed E-state index contributed by atoms with van der Waals surface area (Å²) in [6.45, 7) is 2.15. The van der Waals surface area contributed by atoms with Crippen LogP contribution in [0.25, 0.3) is 0 Å². The van der Waals surface area contributed by atoms with Crippen molar-refractivity contribution in [2.75, 3.05) is 22.4 Å². The average Bonchev–Trinajstić information content (AvgIpc) is 2.76. The van der Waals surface area contributed by atoms with E-state index in [1.165, 1.54) is 4.31 Å². The number of para-hydroxylation sites is 2. The first-order chi connectivity index (χ1) is 11.8.